The van der Waals surface area contributed by atoms with Crippen LogP contribution in [0.5, 0.6) is 0 Å². The van der Waals surface area contributed by atoms with E-state index in [9.17, 15) is 9.90 Å². The molecule has 1 aromatic carbocycles. The molecule has 0 bridgehead atoms. The predicted molar refractivity (Wildman–Crippen MR) is 74.1 cm³/mol. The Hall–Kier alpha value is -1.55. The van der Waals surface area contributed by atoms with Crippen molar-refractivity contribution >= 4 is 11.6 Å². The minimum absolute atomic E-state index is 0.0805. The van der Waals surface area contributed by atoms with Crippen LogP contribution in [-0.2, 0) is 4.79 Å². The van der Waals surface area contributed by atoms with Gasteiger partial charge in [-0.15, -0.1) is 0 Å². The Bertz CT molecular complexity index is 467. The summed E-state index contributed by atoms with van der Waals surface area (Å²) in [6, 6.07) is 8.21. The Morgan fingerprint density at radius 3 is 2.74 bits per heavy atom. The maximum absolute atomic E-state index is 12.3. The number of carbonyl (C=O) groups excluding carboxylic acids is 1. The van der Waals surface area contributed by atoms with Crippen molar-refractivity contribution in [2.24, 2.45) is 0 Å². The zero-order chi connectivity index (χ0) is 13.2. The Morgan fingerprint density at radius 1 is 1.21 bits per heavy atom. The third-order valence-corrected chi connectivity index (χ3v) is 4.19. The number of fused-ring (bicyclic) bond motifs is 1. The van der Waals surface area contributed by atoms with Gasteiger partial charge in [0.05, 0.1) is 12.0 Å². The highest BCUT2D eigenvalue weighted by Crippen LogP contribution is 2.31. The SMILES string of the molecule is O=C(NC1CCC(O)CC1)C1CNc2ccccc21. The van der Waals surface area contributed by atoms with Crippen molar-refractivity contribution in [3.63, 3.8) is 0 Å². The fourth-order valence-electron chi connectivity index (χ4n) is 3.04. The molecule has 4 heteroatoms. The molecule has 19 heavy (non-hydrogen) atoms. The van der Waals surface area contributed by atoms with E-state index in [4.69, 9.17) is 0 Å². The molecule has 3 rings (SSSR count). The highest BCUT2D eigenvalue weighted by molar-refractivity contribution is 5.88. The summed E-state index contributed by atoms with van der Waals surface area (Å²) < 4.78 is 0. The van der Waals surface area contributed by atoms with Crippen molar-refractivity contribution in [1.29, 1.82) is 0 Å². The second-order valence-electron chi connectivity index (χ2n) is 5.53. The second-order valence-corrected chi connectivity index (χ2v) is 5.53. The normalized spacial score (nSPS) is 29.4. The van der Waals surface area contributed by atoms with Crippen LogP contribution < -0.4 is 10.6 Å². The molecule has 0 radical (unpaired) electrons. The molecule has 102 valence electrons. The van der Waals surface area contributed by atoms with Crippen LogP contribution in [0.1, 0.15) is 37.2 Å². The van der Waals surface area contributed by atoms with E-state index in [1.165, 1.54) is 0 Å². The maximum Gasteiger partial charge on any atom is 0.229 e. The summed E-state index contributed by atoms with van der Waals surface area (Å²) in [5, 5.41) is 15.9. The number of amides is 1. The number of benzene rings is 1. The number of anilines is 1. The number of nitrogens with one attached hydrogen (secondary N) is 2. The zero-order valence-electron chi connectivity index (χ0n) is 10.9. The largest absolute Gasteiger partial charge is 0.393 e. The molecular formula is C15H20N2O2. The molecule has 1 aromatic rings. The number of aliphatic hydroxyl groups is 1. The van der Waals surface area contributed by atoms with Gasteiger partial charge in [-0.25, -0.2) is 0 Å². The minimum atomic E-state index is -0.179. The molecule has 0 spiro atoms. The lowest BCUT2D eigenvalue weighted by atomic mass is 9.92. The molecule has 1 saturated carbocycles. The molecule has 1 amide bonds. The van der Waals surface area contributed by atoms with E-state index >= 15 is 0 Å². The van der Waals surface area contributed by atoms with Gasteiger partial charge in [0.1, 0.15) is 0 Å². The first kappa shape index (κ1) is 12.5. The fraction of sp³-hybridized carbons (Fsp3) is 0.533. The van der Waals surface area contributed by atoms with Gasteiger partial charge in [-0.1, -0.05) is 18.2 Å². The molecule has 1 aliphatic carbocycles. The van der Waals surface area contributed by atoms with Crippen molar-refractivity contribution in [1.82, 2.24) is 5.32 Å². The van der Waals surface area contributed by atoms with Crippen molar-refractivity contribution in [2.75, 3.05) is 11.9 Å². The number of carbonyl (C=O) groups is 1. The first-order chi connectivity index (χ1) is 9.24. The van der Waals surface area contributed by atoms with Crippen LogP contribution >= 0.6 is 0 Å². The van der Waals surface area contributed by atoms with E-state index in [1.54, 1.807) is 0 Å². The van der Waals surface area contributed by atoms with Crippen LogP contribution in [-0.4, -0.2) is 29.7 Å². The summed E-state index contributed by atoms with van der Waals surface area (Å²) in [7, 11) is 0. The standard InChI is InChI=1S/C15H20N2O2/c18-11-7-5-10(6-8-11)17-15(19)13-9-16-14-4-2-1-3-12(13)14/h1-4,10-11,13,16,18H,5-9H2,(H,17,19). The van der Waals surface area contributed by atoms with Crippen LogP contribution in [0.4, 0.5) is 5.69 Å². The van der Waals surface area contributed by atoms with Crippen LogP contribution in [0, 0.1) is 0 Å². The molecule has 1 heterocycles. The van der Waals surface area contributed by atoms with Crippen molar-refractivity contribution < 1.29 is 9.90 Å². The highest BCUT2D eigenvalue weighted by atomic mass is 16.3. The van der Waals surface area contributed by atoms with Crippen LogP contribution in [0.15, 0.2) is 24.3 Å². The lowest BCUT2D eigenvalue weighted by Gasteiger charge is -2.27. The smallest absolute Gasteiger partial charge is 0.229 e. The Kier molecular flexibility index (Phi) is 3.42. The third kappa shape index (κ3) is 2.59. The number of aliphatic hydroxyl groups excluding tert-OH is 1. The molecule has 1 atom stereocenters. The molecular weight excluding hydrogens is 240 g/mol. The van der Waals surface area contributed by atoms with Gasteiger partial charge in [0.2, 0.25) is 5.91 Å². The van der Waals surface area contributed by atoms with E-state index in [-0.39, 0.29) is 24.0 Å². The van der Waals surface area contributed by atoms with E-state index in [0.717, 1.165) is 36.9 Å². The number of hydrogen-bond acceptors (Lipinski definition) is 3. The summed E-state index contributed by atoms with van der Waals surface area (Å²) in [5.41, 5.74) is 2.16. The molecule has 0 aromatic heterocycles. The van der Waals surface area contributed by atoms with Crippen LogP contribution in [0.25, 0.3) is 0 Å². The van der Waals surface area contributed by atoms with E-state index in [1.807, 2.05) is 24.3 Å². The summed E-state index contributed by atoms with van der Waals surface area (Å²) in [4.78, 5) is 12.3. The molecule has 2 aliphatic rings. The lowest BCUT2D eigenvalue weighted by Crippen LogP contribution is -2.41. The van der Waals surface area contributed by atoms with Gasteiger partial charge >= 0.3 is 0 Å². The van der Waals surface area contributed by atoms with Crippen molar-refractivity contribution in [2.45, 2.75) is 43.7 Å². The second kappa shape index (κ2) is 5.21. The Balaban J connectivity index is 1.63. The quantitative estimate of drug-likeness (QED) is 0.757. The zero-order valence-corrected chi connectivity index (χ0v) is 10.9. The average molecular weight is 260 g/mol. The van der Waals surface area contributed by atoms with E-state index < -0.39 is 0 Å². The van der Waals surface area contributed by atoms with Gasteiger partial charge < -0.3 is 15.7 Å². The summed E-state index contributed by atoms with van der Waals surface area (Å²) >= 11 is 0. The van der Waals surface area contributed by atoms with Crippen LogP contribution in [0.3, 0.4) is 0 Å². The van der Waals surface area contributed by atoms with E-state index in [2.05, 4.69) is 10.6 Å². The van der Waals surface area contributed by atoms with Crippen LogP contribution in [0.2, 0.25) is 0 Å². The average Bonchev–Trinajstić information content (AvgIpc) is 2.85. The fourth-order valence-corrected chi connectivity index (χ4v) is 3.04. The van der Waals surface area contributed by atoms with Gasteiger partial charge in [0, 0.05) is 18.3 Å². The van der Waals surface area contributed by atoms with Gasteiger partial charge in [-0.05, 0) is 37.3 Å². The Morgan fingerprint density at radius 2 is 1.95 bits per heavy atom. The van der Waals surface area contributed by atoms with Crippen molar-refractivity contribution in [3.05, 3.63) is 29.8 Å². The highest BCUT2D eigenvalue weighted by Gasteiger charge is 2.30. The molecule has 3 N–H and O–H groups in total. The van der Waals surface area contributed by atoms with Gasteiger partial charge in [-0.3, -0.25) is 4.79 Å². The first-order valence-electron chi connectivity index (χ1n) is 7.05. The number of hydrogen-bond donors (Lipinski definition) is 3. The molecule has 0 saturated heterocycles. The van der Waals surface area contributed by atoms with E-state index in [0.29, 0.717) is 6.54 Å². The number of rotatable bonds is 2. The van der Waals surface area contributed by atoms with Gasteiger partial charge in [0.25, 0.3) is 0 Å². The van der Waals surface area contributed by atoms with Gasteiger partial charge in [0.15, 0.2) is 0 Å². The summed E-state index contributed by atoms with van der Waals surface area (Å²) in [6.45, 7) is 0.681. The van der Waals surface area contributed by atoms with Gasteiger partial charge in [-0.2, -0.15) is 0 Å². The topological polar surface area (TPSA) is 61.4 Å². The Labute approximate surface area is 113 Å². The predicted octanol–water partition coefficient (Wildman–Crippen LogP) is 1.62. The molecule has 4 nitrogen and oxygen atoms in total. The monoisotopic (exact) mass is 260 g/mol. The lowest BCUT2D eigenvalue weighted by molar-refractivity contribution is -0.123. The molecule has 1 fully saturated rings. The maximum atomic E-state index is 12.3. The summed E-state index contributed by atoms with van der Waals surface area (Å²) in [6.07, 6.45) is 3.18. The number of para-hydroxylation sites is 1. The summed E-state index contributed by atoms with van der Waals surface area (Å²) in [5.74, 6) is 0.0295. The molecule has 1 unspecified atom stereocenters. The molecule has 1 aliphatic heterocycles. The third-order valence-electron chi connectivity index (χ3n) is 4.19. The minimum Gasteiger partial charge on any atom is -0.393 e. The van der Waals surface area contributed by atoms with Crippen molar-refractivity contribution in [3.8, 4) is 0 Å². The first-order valence-corrected chi connectivity index (χ1v) is 7.05.